The van der Waals surface area contributed by atoms with E-state index in [2.05, 4.69) is 15.6 Å². The molecule has 1 aromatic heterocycles. The van der Waals surface area contributed by atoms with Gasteiger partial charge in [-0.15, -0.1) is 0 Å². The summed E-state index contributed by atoms with van der Waals surface area (Å²) < 4.78 is 10.9. The quantitative estimate of drug-likeness (QED) is 0.319. The normalized spacial score (nSPS) is 10.6. The number of ether oxygens (including phenoxy) is 1. The third-order valence-electron chi connectivity index (χ3n) is 4.66. The van der Waals surface area contributed by atoms with Crippen LogP contribution in [0.25, 0.3) is 22.6 Å². The van der Waals surface area contributed by atoms with Crippen LogP contribution in [0.15, 0.2) is 65.1 Å². The fourth-order valence-electron chi connectivity index (χ4n) is 3.08. The maximum absolute atomic E-state index is 12.4. The van der Waals surface area contributed by atoms with Gasteiger partial charge in [0, 0.05) is 11.3 Å². The number of anilines is 1. The van der Waals surface area contributed by atoms with E-state index in [1.807, 2.05) is 24.3 Å². The first-order valence-corrected chi connectivity index (χ1v) is 9.81. The number of methoxy groups -OCH3 is 1. The summed E-state index contributed by atoms with van der Waals surface area (Å²) in [4.78, 5) is 16.8. The Morgan fingerprint density at radius 3 is 2.58 bits per heavy atom. The van der Waals surface area contributed by atoms with Crippen molar-refractivity contribution in [2.45, 2.75) is 6.92 Å². The summed E-state index contributed by atoms with van der Waals surface area (Å²) in [5.74, 6) is 0.655. The number of para-hydroxylation sites is 2. The van der Waals surface area contributed by atoms with Crippen LogP contribution in [0.3, 0.4) is 0 Å². The molecule has 0 radical (unpaired) electrons. The van der Waals surface area contributed by atoms with Crippen LogP contribution < -0.4 is 15.4 Å². The first kappa shape index (κ1) is 20.4. The van der Waals surface area contributed by atoms with Crippen molar-refractivity contribution in [2.24, 2.45) is 0 Å². The molecule has 156 valence electrons. The predicted octanol–water partition coefficient (Wildman–Crippen LogP) is 4.64. The van der Waals surface area contributed by atoms with Gasteiger partial charge >= 0.3 is 0 Å². The minimum absolute atomic E-state index is 0.0605. The number of hydrogen-bond acceptors (Lipinski definition) is 6. The van der Waals surface area contributed by atoms with E-state index in [0.717, 1.165) is 0 Å². The van der Waals surface area contributed by atoms with Crippen molar-refractivity contribution >= 4 is 40.0 Å². The van der Waals surface area contributed by atoms with E-state index in [9.17, 15) is 9.90 Å². The Morgan fingerprint density at radius 2 is 1.87 bits per heavy atom. The highest BCUT2D eigenvalue weighted by Crippen LogP contribution is 2.36. The third kappa shape index (κ3) is 4.34. The van der Waals surface area contributed by atoms with E-state index in [1.165, 1.54) is 0 Å². The summed E-state index contributed by atoms with van der Waals surface area (Å²) in [6, 6.07) is 17.4. The van der Waals surface area contributed by atoms with Crippen LogP contribution in [0.1, 0.15) is 15.9 Å². The number of phenols is 1. The molecule has 0 bridgehead atoms. The standard InChI is InChI=1S/C23H19N3O4S/c1-13-11-15(24-23(31)26-21(28)14-7-9-16(29-2)10-8-14)12-17(20(13)27)22-25-18-5-3-4-6-19(18)30-22/h3-12,27H,1-2H3,(H2,24,26,28,31). The molecule has 0 saturated carbocycles. The van der Waals surface area contributed by atoms with Gasteiger partial charge in [0.1, 0.15) is 17.0 Å². The second kappa shape index (κ2) is 8.45. The van der Waals surface area contributed by atoms with Crippen LogP contribution in [0.4, 0.5) is 5.69 Å². The molecule has 0 unspecified atom stereocenters. The lowest BCUT2D eigenvalue weighted by atomic mass is 10.1. The van der Waals surface area contributed by atoms with Crippen LogP contribution in [0.5, 0.6) is 11.5 Å². The molecule has 0 fully saturated rings. The molecule has 3 N–H and O–H groups in total. The van der Waals surface area contributed by atoms with Crippen molar-refractivity contribution in [3.8, 4) is 23.0 Å². The maximum atomic E-state index is 12.4. The summed E-state index contributed by atoms with van der Waals surface area (Å²) >= 11 is 5.28. The molecule has 0 aliphatic carbocycles. The first-order valence-electron chi connectivity index (χ1n) is 9.40. The zero-order chi connectivity index (χ0) is 22.0. The molecular weight excluding hydrogens is 414 g/mol. The number of nitrogens with one attached hydrogen (secondary N) is 2. The number of amides is 1. The van der Waals surface area contributed by atoms with Crippen molar-refractivity contribution in [2.75, 3.05) is 12.4 Å². The minimum Gasteiger partial charge on any atom is -0.507 e. The van der Waals surface area contributed by atoms with Crippen LogP contribution >= 0.6 is 12.2 Å². The van der Waals surface area contributed by atoms with E-state index in [0.29, 0.717) is 45.1 Å². The van der Waals surface area contributed by atoms with Crippen molar-refractivity contribution < 1.29 is 19.1 Å². The number of thiocarbonyl (C=S) groups is 1. The average Bonchev–Trinajstić information content (AvgIpc) is 3.20. The molecule has 4 rings (SSSR count). The first-order chi connectivity index (χ1) is 14.9. The SMILES string of the molecule is COc1ccc(C(=O)NC(=S)Nc2cc(C)c(O)c(-c3nc4ccccc4o3)c2)cc1. The maximum Gasteiger partial charge on any atom is 0.257 e. The number of hydrogen-bond donors (Lipinski definition) is 3. The van der Waals surface area contributed by atoms with Crippen LogP contribution in [-0.4, -0.2) is 28.2 Å². The molecular formula is C23H19N3O4S. The smallest absolute Gasteiger partial charge is 0.257 e. The Kier molecular flexibility index (Phi) is 5.55. The van der Waals surface area contributed by atoms with Gasteiger partial charge in [-0.3, -0.25) is 10.1 Å². The molecule has 31 heavy (non-hydrogen) atoms. The number of fused-ring (bicyclic) bond motifs is 1. The van der Waals surface area contributed by atoms with Gasteiger partial charge in [-0.25, -0.2) is 4.98 Å². The molecule has 0 atom stereocenters. The van der Waals surface area contributed by atoms with Crippen LogP contribution in [0.2, 0.25) is 0 Å². The summed E-state index contributed by atoms with van der Waals surface area (Å²) in [7, 11) is 1.56. The van der Waals surface area contributed by atoms with Crippen molar-refractivity contribution in [1.29, 1.82) is 0 Å². The highest BCUT2D eigenvalue weighted by atomic mass is 32.1. The minimum atomic E-state index is -0.352. The van der Waals surface area contributed by atoms with Crippen molar-refractivity contribution in [3.63, 3.8) is 0 Å². The predicted molar refractivity (Wildman–Crippen MR) is 123 cm³/mol. The Morgan fingerprint density at radius 1 is 1.13 bits per heavy atom. The van der Waals surface area contributed by atoms with Gasteiger partial charge in [-0.2, -0.15) is 0 Å². The molecule has 8 heteroatoms. The molecule has 7 nitrogen and oxygen atoms in total. The number of aromatic hydroxyl groups is 1. The van der Waals surface area contributed by atoms with Crippen molar-refractivity contribution in [1.82, 2.24) is 10.3 Å². The van der Waals surface area contributed by atoms with Gasteiger partial charge < -0.3 is 19.6 Å². The highest BCUT2D eigenvalue weighted by Gasteiger charge is 2.16. The van der Waals surface area contributed by atoms with Crippen LogP contribution in [-0.2, 0) is 0 Å². The summed E-state index contributed by atoms with van der Waals surface area (Å²) in [6.45, 7) is 1.76. The van der Waals surface area contributed by atoms with Gasteiger partial charge in [0.15, 0.2) is 10.7 Å². The molecule has 3 aromatic carbocycles. The number of nitrogens with zero attached hydrogens (tertiary/aromatic N) is 1. The fraction of sp³-hybridized carbons (Fsp3) is 0.0870. The molecule has 0 aliphatic heterocycles. The van der Waals surface area contributed by atoms with Gasteiger partial charge in [-0.05, 0) is 73.2 Å². The number of carbonyl (C=O) groups is 1. The van der Waals surface area contributed by atoms with Gasteiger partial charge in [0.25, 0.3) is 5.91 Å². The number of aromatic nitrogens is 1. The Bertz CT molecular complexity index is 1250. The zero-order valence-corrected chi connectivity index (χ0v) is 17.6. The lowest BCUT2D eigenvalue weighted by Gasteiger charge is -2.13. The number of benzene rings is 3. The molecule has 4 aromatic rings. The zero-order valence-electron chi connectivity index (χ0n) is 16.8. The lowest BCUT2D eigenvalue weighted by molar-refractivity contribution is 0.0977. The second-order valence-electron chi connectivity index (χ2n) is 6.81. The summed E-state index contributed by atoms with van der Waals surface area (Å²) in [6.07, 6.45) is 0. The van der Waals surface area contributed by atoms with Gasteiger partial charge in [0.2, 0.25) is 5.89 Å². The molecule has 1 amide bonds. The lowest BCUT2D eigenvalue weighted by Crippen LogP contribution is -2.34. The topological polar surface area (TPSA) is 96.6 Å². The molecule has 0 spiro atoms. The Labute approximate surface area is 183 Å². The largest absolute Gasteiger partial charge is 0.507 e. The van der Waals surface area contributed by atoms with E-state index in [1.54, 1.807) is 50.4 Å². The highest BCUT2D eigenvalue weighted by molar-refractivity contribution is 7.80. The number of carbonyl (C=O) groups excluding carboxylic acids is 1. The average molecular weight is 433 g/mol. The molecule has 0 aliphatic rings. The summed E-state index contributed by atoms with van der Waals surface area (Å²) in [5, 5.41) is 16.3. The van der Waals surface area contributed by atoms with E-state index < -0.39 is 0 Å². The number of aryl methyl sites for hydroxylation is 1. The van der Waals surface area contributed by atoms with Gasteiger partial charge in [0.05, 0.1) is 12.7 Å². The van der Waals surface area contributed by atoms with E-state index in [4.69, 9.17) is 21.4 Å². The van der Waals surface area contributed by atoms with E-state index in [-0.39, 0.29) is 16.8 Å². The number of oxazole rings is 1. The fourth-order valence-corrected chi connectivity index (χ4v) is 3.29. The van der Waals surface area contributed by atoms with E-state index >= 15 is 0 Å². The number of phenolic OH excluding ortho intramolecular Hbond substituents is 1. The second-order valence-corrected chi connectivity index (χ2v) is 7.22. The Balaban J connectivity index is 1.54. The monoisotopic (exact) mass is 433 g/mol. The van der Waals surface area contributed by atoms with Gasteiger partial charge in [-0.1, -0.05) is 12.1 Å². The number of rotatable bonds is 4. The van der Waals surface area contributed by atoms with Crippen LogP contribution in [0, 0.1) is 6.92 Å². The third-order valence-corrected chi connectivity index (χ3v) is 4.87. The molecule has 0 saturated heterocycles. The summed E-state index contributed by atoms with van der Waals surface area (Å²) in [5.41, 5.74) is 3.35. The Hall–Kier alpha value is -3.91. The van der Waals surface area contributed by atoms with Crippen molar-refractivity contribution in [3.05, 3.63) is 71.8 Å². The molecule has 1 heterocycles.